The zero-order valence-corrected chi connectivity index (χ0v) is 8.79. The number of hydrogen-bond donors (Lipinski definition) is 1. The van der Waals surface area contributed by atoms with Crippen LogP contribution in [0.1, 0.15) is 23.3 Å². The summed E-state index contributed by atoms with van der Waals surface area (Å²) in [6, 6.07) is 2.26. The van der Waals surface area contributed by atoms with Crippen LogP contribution in [0.2, 0.25) is 0 Å². The van der Waals surface area contributed by atoms with Gasteiger partial charge in [-0.05, 0) is 49.9 Å². The maximum absolute atomic E-state index is 3.37. The van der Waals surface area contributed by atoms with Gasteiger partial charge in [0.1, 0.15) is 0 Å². The number of rotatable bonds is 1. The summed E-state index contributed by atoms with van der Waals surface area (Å²) >= 11 is 1.83. The van der Waals surface area contributed by atoms with Crippen molar-refractivity contribution in [1.29, 1.82) is 0 Å². The highest BCUT2D eigenvalue weighted by Gasteiger charge is 2.04. The number of nitrogens with one attached hydrogen (secondary N) is 1. The second kappa shape index (κ2) is 4.07. The van der Waals surface area contributed by atoms with Crippen LogP contribution in [0.15, 0.2) is 17.0 Å². The van der Waals surface area contributed by atoms with E-state index in [4.69, 9.17) is 0 Å². The summed E-state index contributed by atoms with van der Waals surface area (Å²) < 4.78 is 0. The van der Waals surface area contributed by atoms with Gasteiger partial charge in [-0.2, -0.15) is 0 Å². The van der Waals surface area contributed by atoms with Crippen LogP contribution in [0.25, 0.3) is 6.08 Å². The van der Waals surface area contributed by atoms with Crippen molar-refractivity contribution in [1.82, 2.24) is 5.32 Å². The highest BCUT2D eigenvalue weighted by molar-refractivity contribution is 7.10. The minimum atomic E-state index is 1.15. The summed E-state index contributed by atoms with van der Waals surface area (Å²) in [4.78, 5) is 1.40. The molecule has 1 aromatic heterocycles. The molecule has 0 radical (unpaired) electrons. The van der Waals surface area contributed by atoms with Crippen molar-refractivity contribution in [2.45, 2.75) is 19.8 Å². The average Bonchev–Trinajstić information content (AvgIpc) is 2.53. The zero-order valence-electron chi connectivity index (χ0n) is 7.97. The lowest BCUT2D eigenvalue weighted by Crippen LogP contribution is -2.22. The lowest BCUT2D eigenvalue weighted by Gasteiger charge is -2.14. The van der Waals surface area contributed by atoms with Crippen molar-refractivity contribution in [3.8, 4) is 0 Å². The van der Waals surface area contributed by atoms with Gasteiger partial charge >= 0.3 is 0 Å². The topological polar surface area (TPSA) is 12.0 Å². The molecule has 2 heterocycles. The van der Waals surface area contributed by atoms with Gasteiger partial charge in [0, 0.05) is 4.88 Å². The molecular weight excluding hydrogens is 178 g/mol. The van der Waals surface area contributed by atoms with Gasteiger partial charge in [-0.15, -0.1) is 11.3 Å². The largest absolute Gasteiger partial charge is 0.316 e. The lowest BCUT2D eigenvalue weighted by atomic mass is 10.0. The van der Waals surface area contributed by atoms with Crippen LogP contribution in [0.4, 0.5) is 0 Å². The summed E-state index contributed by atoms with van der Waals surface area (Å²) in [7, 11) is 0. The van der Waals surface area contributed by atoms with Crippen molar-refractivity contribution >= 4 is 17.4 Å². The molecule has 1 aliphatic rings. The van der Waals surface area contributed by atoms with E-state index in [1.165, 1.54) is 23.3 Å². The molecule has 1 saturated heterocycles. The molecule has 1 fully saturated rings. The SMILES string of the molecule is Cc1cc(C=C2CCNCC2)cs1. The van der Waals surface area contributed by atoms with Crippen LogP contribution < -0.4 is 5.32 Å². The molecule has 1 aromatic rings. The Kier molecular flexibility index (Phi) is 2.81. The first-order chi connectivity index (χ1) is 6.34. The molecule has 0 bridgehead atoms. The molecule has 0 aromatic carbocycles. The summed E-state index contributed by atoms with van der Waals surface area (Å²) in [5.41, 5.74) is 2.98. The Balaban J connectivity index is 2.09. The fourth-order valence-electron chi connectivity index (χ4n) is 1.67. The van der Waals surface area contributed by atoms with Crippen molar-refractivity contribution in [3.05, 3.63) is 27.5 Å². The van der Waals surface area contributed by atoms with Crippen LogP contribution in [0, 0.1) is 6.92 Å². The van der Waals surface area contributed by atoms with Gasteiger partial charge < -0.3 is 5.32 Å². The molecule has 2 rings (SSSR count). The molecule has 0 amide bonds. The summed E-state index contributed by atoms with van der Waals surface area (Å²) in [5.74, 6) is 0. The second-order valence-electron chi connectivity index (χ2n) is 3.54. The van der Waals surface area contributed by atoms with Crippen LogP contribution in [-0.2, 0) is 0 Å². The standard InChI is InChI=1S/C11H15NS/c1-9-6-11(8-13-9)7-10-2-4-12-5-3-10/h6-8,12H,2-5H2,1H3. The third-order valence-electron chi connectivity index (χ3n) is 2.37. The fraction of sp³-hybridized carbons (Fsp3) is 0.455. The molecule has 2 heteroatoms. The molecule has 70 valence electrons. The predicted octanol–water partition coefficient (Wildman–Crippen LogP) is 2.82. The first-order valence-electron chi connectivity index (χ1n) is 4.80. The number of aryl methyl sites for hydroxylation is 1. The number of thiophene rings is 1. The lowest BCUT2D eigenvalue weighted by molar-refractivity contribution is 0.613. The van der Waals surface area contributed by atoms with Crippen molar-refractivity contribution in [2.24, 2.45) is 0 Å². The smallest absolute Gasteiger partial charge is 0.00203 e. The molecule has 0 spiro atoms. The second-order valence-corrected chi connectivity index (χ2v) is 4.66. The van der Waals surface area contributed by atoms with Gasteiger partial charge in [0.25, 0.3) is 0 Å². The van der Waals surface area contributed by atoms with Gasteiger partial charge in [-0.25, -0.2) is 0 Å². The molecule has 13 heavy (non-hydrogen) atoms. The summed E-state index contributed by atoms with van der Waals surface area (Å²) in [6.45, 7) is 4.46. The first-order valence-corrected chi connectivity index (χ1v) is 5.68. The van der Waals surface area contributed by atoms with E-state index in [1.807, 2.05) is 11.3 Å². The van der Waals surface area contributed by atoms with Crippen molar-refractivity contribution in [3.63, 3.8) is 0 Å². The maximum atomic E-state index is 3.37. The molecule has 0 saturated carbocycles. The van der Waals surface area contributed by atoms with Crippen LogP contribution >= 0.6 is 11.3 Å². The van der Waals surface area contributed by atoms with Gasteiger partial charge in [0.2, 0.25) is 0 Å². The first kappa shape index (κ1) is 8.97. The Labute approximate surface area is 83.5 Å². The number of piperidine rings is 1. The summed E-state index contributed by atoms with van der Waals surface area (Å²) in [5, 5.41) is 5.61. The van der Waals surface area contributed by atoms with Crippen LogP contribution in [0.5, 0.6) is 0 Å². The van der Waals surface area contributed by atoms with E-state index in [0.29, 0.717) is 0 Å². The molecule has 1 N–H and O–H groups in total. The maximum Gasteiger partial charge on any atom is 0.00203 e. The fourth-order valence-corrected chi connectivity index (χ4v) is 2.33. The van der Waals surface area contributed by atoms with E-state index in [9.17, 15) is 0 Å². The predicted molar refractivity (Wildman–Crippen MR) is 59.1 cm³/mol. The van der Waals surface area contributed by atoms with Gasteiger partial charge in [-0.3, -0.25) is 0 Å². The van der Waals surface area contributed by atoms with Gasteiger partial charge in [0.15, 0.2) is 0 Å². The van der Waals surface area contributed by atoms with E-state index in [-0.39, 0.29) is 0 Å². The van der Waals surface area contributed by atoms with E-state index in [2.05, 4.69) is 29.8 Å². The Hall–Kier alpha value is -0.600. The van der Waals surface area contributed by atoms with E-state index >= 15 is 0 Å². The molecule has 1 nitrogen and oxygen atoms in total. The Morgan fingerprint density at radius 1 is 1.38 bits per heavy atom. The molecule has 0 aliphatic carbocycles. The van der Waals surface area contributed by atoms with E-state index < -0.39 is 0 Å². The van der Waals surface area contributed by atoms with E-state index in [0.717, 1.165) is 13.1 Å². The van der Waals surface area contributed by atoms with Crippen molar-refractivity contribution < 1.29 is 0 Å². The molecule has 0 atom stereocenters. The van der Waals surface area contributed by atoms with Crippen LogP contribution in [-0.4, -0.2) is 13.1 Å². The normalized spacial score (nSPS) is 17.5. The minimum absolute atomic E-state index is 1.15. The molecule has 0 unspecified atom stereocenters. The molecule has 1 aliphatic heterocycles. The molecular formula is C11H15NS. The van der Waals surface area contributed by atoms with E-state index in [1.54, 1.807) is 5.57 Å². The third kappa shape index (κ3) is 2.42. The quantitative estimate of drug-likeness (QED) is 0.723. The Bertz CT molecular complexity index is 304. The minimum Gasteiger partial charge on any atom is -0.316 e. The van der Waals surface area contributed by atoms with Gasteiger partial charge in [0.05, 0.1) is 0 Å². The van der Waals surface area contributed by atoms with Crippen molar-refractivity contribution in [2.75, 3.05) is 13.1 Å². The summed E-state index contributed by atoms with van der Waals surface area (Å²) in [6.07, 6.45) is 4.79. The average molecular weight is 193 g/mol. The third-order valence-corrected chi connectivity index (χ3v) is 3.25. The van der Waals surface area contributed by atoms with Crippen LogP contribution in [0.3, 0.4) is 0 Å². The highest BCUT2D eigenvalue weighted by Crippen LogP contribution is 2.19. The van der Waals surface area contributed by atoms with Gasteiger partial charge in [-0.1, -0.05) is 11.6 Å². The monoisotopic (exact) mass is 193 g/mol. The Morgan fingerprint density at radius 2 is 2.15 bits per heavy atom. The highest BCUT2D eigenvalue weighted by atomic mass is 32.1. The zero-order chi connectivity index (χ0) is 9.10. The Morgan fingerprint density at radius 3 is 2.77 bits per heavy atom. The number of hydrogen-bond acceptors (Lipinski definition) is 2.